The van der Waals surface area contributed by atoms with Gasteiger partial charge in [-0.25, -0.2) is 4.99 Å². The number of nitriles is 3. The third kappa shape index (κ3) is 1.86. The molecule has 0 aliphatic carbocycles. The topological polar surface area (TPSA) is 93.0 Å². The Kier molecular flexibility index (Phi) is 4.69. The van der Waals surface area contributed by atoms with Crippen molar-refractivity contribution >= 4 is 20.6 Å². The summed E-state index contributed by atoms with van der Waals surface area (Å²) in [5.74, 6) is -0.895. The van der Waals surface area contributed by atoms with E-state index in [0.29, 0.717) is 17.5 Å². The van der Waals surface area contributed by atoms with Crippen LogP contribution in [0.1, 0.15) is 26.7 Å². The summed E-state index contributed by atoms with van der Waals surface area (Å²) >= 11 is 3.21. The average molecular weight is 323 g/mol. The van der Waals surface area contributed by atoms with Crippen LogP contribution in [-0.2, 0) is 4.74 Å². The third-order valence-electron chi connectivity index (χ3n) is 4.14. The molecule has 1 aliphatic rings. The molecule has 0 amide bonds. The number of ether oxygens (including phenoxy) is 1. The Morgan fingerprint density at radius 2 is 1.79 bits per heavy atom. The summed E-state index contributed by atoms with van der Waals surface area (Å²) in [4.78, 5) is 4.33. The van der Waals surface area contributed by atoms with E-state index < -0.39 is 23.0 Å². The Morgan fingerprint density at radius 1 is 1.26 bits per heavy atom. The zero-order valence-electron chi connectivity index (χ0n) is 11.1. The number of hydrogen-bond donors (Lipinski definition) is 0. The summed E-state index contributed by atoms with van der Waals surface area (Å²) in [5, 5.41) is 28.6. The van der Waals surface area contributed by atoms with Gasteiger partial charge in [-0.15, -0.1) is 0 Å². The maximum absolute atomic E-state index is 9.62. The first-order chi connectivity index (χ1) is 9.03. The van der Waals surface area contributed by atoms with Crippen LogP contribution in [0.4, 0.5) is 0 Å². The fourth-order valence-corrected chi connectivity index (χ4v) is 3.56. The van der Waals surface area contributed by atoms with E-state index in [-0.39, 0.29) is 0 Å². The van der Waals surface area contributed by atoms with Crippen molar-refractivity contribution in [2.24, 2.45) is 21.7 Å². The van der Waals surface area contributed by atoms with E-state index in [1.807, 2.05) is 19.9 Å². The van der Waals surface area contributed by atoms with Gasteiger partial charge in [-0.2, -0.15) is 15.8 Å². The minimum atomic E-state index is -1.47. The number of methoxy groups -OCH3 is 1. The molecule has 2 atom stereocenters. The van der Waals surface area contributed by atoms with Crippen molar-refractivity contribution in [1.29, 1.82) is 15.8 Å². The summed E-state index contributed by atoms with van der Waals surface area (Å²) in [5.41, 5.74) is -2.25. The van der Waals surface area contributed by atoms with Crippen LogP contribution >= 0.6 is 15.9 Å². The number of rotatable bonds is 3. The smallest absolute Gasteiger partial charge is 0.175 e. The molecule has 0 fully saturated rings. The number of aliphatic imine (C=N–C) groups is 1. The second kappa shape index (κ2) is 5.70. The minimum absolute atomic E-state index is 0.308. The monoisotopic (exact) mass is 322 g/mol. The molecule has 19 heavy (non-hydrogen) atoms. The molecule has 1 unspecified atom stereocenters. The summed E-state index contributed by atoms with van der Waals surface area (Å²) in [6.45, 7) is 3.78. The maximum Gasteiger partial charge on any atom is 0.175 e. The maximum atomic E-state index is 9.62. The highest BCUT2D eigenvalue weighted by molar-refractivity contribution is 9.18. The van der Waals surface area contributed by atoms with Crippen LogP contribution in [0.2, 0.25) is 0 Å². The molecule has 0 N–H and O–H groups in total. The van der Waals surface area contributed by atoms with E-state index in [0.717, 1.165) is 0 Å². The highest BCUT2D eigenvalue weighted by Gasteiger charge is 2.63. The Morgan fingerprint density at radius 3 is 2.11 bits per heavy atom. The average Bonchev–Trinajstić information content (AvgIpc) is 2.45. The summed E-state index contributed by atoms with van der Waals surface area (Å²) in [6.07, 6.45) is 0.455. The zero-order chi connectivity index (χ0) is 14.7. The fourth-order valence-electron chi connectivity index (χ4n) is 2.93. The number of nitrogens with zero attached hydrogens (tertiary/aromatic N) is 4. The van der Waals surface area contributed by atoms with Gasteiger partial charge < -0.3 is 4.74 Å². The molecule has 5 nitrogen and oxygen atoms in total. The van der Waals surface area contributed by atoms with Crippen molar-refractivity contribution in [2.75, 3.05) is 7.11 Å². The zero-order valence-corrected chi connectivity index (χ0v) is 12.7. The summed E-state index contributed by atoms with van der Waals surface area (Å²) in [6, 6.07) is 6.20. The fraction of sp³-hybridized carbons (Fsp3) is 0.692. The van der Waals surface area contributed by atoms with Crippen molar-refractivity contribution in [3.8, 4) is 18.2 Å². The van der Waals surface area contributed by atoms with Gasteiger partial charge in [0.2, 0.25) is 0 Å². The number of hydrogen-bond acceptors (Lipinski definition) is 5. The molecule has 0 bridgehead atoms. The summed E-state index contributed by atoms with van der Waals surface area (Å²) in [7, 11) is 1.50. The van der Waals surface area contributed by atoms with Gasteiger partial charge in [-0.3, -0.25) is 0 Å². The second-order valence-corrected chi connectivity index (χ2v) is 5.31. The molecule has 6 heteroatoms. The van der Waals surface area contributed by atoms with Gasteiger partial charge in [0.15, 0.2) is 11.6 Å². The van der Waals surface area contributed by atoms with Gasteiger partial charge in [0.05, 0.1) is 23.6 Å². The van der Waals surface area contributed by atoms with Gasteiger partial charge >= 0.3 is 0 Å². The predicted molar refractivity (Wildman–Crippen MR) is 72.9 cm³/mol. The van der Waals surface area contributed by atoms with Crippen LogP contribution in [0.3, 0.4) is 0 Å². The van der Waals surface area contributed by atoms with Gasteiger partial charge in [-0.1, -0.05) is 13.8 Å². The molecule has 0 spiro atoms. The lowest BCUT2D eigenvalue weighted by Gasteiger charge is -2.49. The Balaban J connectivity index is 3.70. The highest BCUT2D eigenvalue weighted by Crippen LogP contribution is 2.56. The quantitative estimate of drug-likeness (QED) is 0.798. The lowest BCUT2D eigenvalue weighted by molar-refractivity contribution is -0.0701. The lowest BCUT2D eigenvalue weighted by Crippen LogP contribution is -2.56. The van der Waals surface area contributed by atoms with Gasteiger partial charge in [0.25, 0.3) is 0 Å². The first-order valence-corrected chi connectivity index (χ1v) is 6.80. The van der Waals surface area contributed by atoms with Gasteiger partial charge in [0, 0.05) is 7.11 Å². The van der Waals surface area contributed by atoms with Crippen LogP contribution in [0.5, 0.6) is 0 Å². The molecule has 1 rings (SSSR count). The van der Waals surface area contributed by atoms with Crippen molar-refractivity contribution in [3.63, 3.8) is 0 Å². The van der Waals surface area contributed by atoms with Crippen LogP contribution in [-0.4, -0.2) is 18.0 Å². The minimum Gasteiger partial charge on any atom is -0.359 e. The van der Waals surface area contributed by atoms with Crippen LogP contribution in [0.15, 0.2) is 4.99 Å². The van der Waals surface area contributed by atoms with Crippen LogP contribution < -0.4 is 0 Å². The van der Waals surface area contributed by atoms with Crippen molar-refractivity contribution in [3.05, 3.63) is 0 Å². The summed E-state index contributed by atoms with van der Waals surface area (Å²) < 4.78 is 5.69. The van der Waals surface area contributed by atoms with E-state index in [1.165, 1.54) is 7.11 Å². The van der Waals surface area contributed by atoms with Crippen molar-refractivity contribution in [2.45, 2.75) is 32.9 Å². The molecule has 0 aromatic carbocycles. The van der Waals surface area contributed by atoms with Crippen LogP contribution in [0, 0.1) is 50.7 Å². The normalized spacial score (nSPS) is 27.5. The highest BCUT2D eigenvalue weighted by atomic mass is 79.9. The molecular weight excluding hydrogens is 308 g/mol. The standard InChI is InChI=1S/C13H15BrN4O/c1-4-12(5-2)11(19-3)18-10(14)9(6-15)13(12,7-16)8-17/h9,11H,4-5H2,1-3H3/t9?,11-/m1/s1. The Hall–Kier alpha value is -1.42. The Bertz CT molecular complexity index is 490. The van der Waals surface area contributed by atoms with E-state index in [1.54, 1.807) is 0 Å². The largest absolute Gasteiger partial charge is 0.359 e. The molecule has 0 aromatic heterocycles. The molecule has 0 saturated carbocycles. The van der Waals surface area contributed by atoms with Crippen LogP contribution in [0.25, 0.3) is 0 Å². The lowest BCUT2D eigenvalue weighted by atomic mass is 9.54. The number of halogens is 1. The molecule has 0 aromatic rings. The van der Waals surface area contributed by atoms with Crippen molar-refractivity contribution < 1.29 is 4.74 Å². The molecule has 0 saturated heterocycles. The second-order valence-electron chi connectivity index (χ2n) is 4.50. The van der Waals surface area contributed by atoms with Gasteiger partial charge in [0.1, 0.15) is 10.5 Å². The first-order valence-electron chi connectivity index (χ1n) is 6.01. The van der Waals surface area contributed by atoms with E-state index in [4.69, 9.17) is 4.74 Å². The van der Waals surface area contributed by atoms with E-state index in [9.17, 15) is 15.8 Å². The predicted octanol–water partition coefficient (Wildman–Crippen LogP) is 2.75. The Labute approximate surface area is 121 Å². The van der Waals surface area contributed by atoms with Crippen molar-refractivity contribution in [1.82, 2.24) is 0 Å². The van der Waals surface area contributed by atoms with E-state index in [2.05, 4.69) is 33.1 Å². The molecule has 1 aliphatic heterocycles. The first kappa shape index (κ1) is 15.6. The SMILES string of the molecule is CCC1(CC)[C@@H](OC)N=C(Br)C(C#N)C1(C#N)C#N. The molecule has 0 radical (unpaired) electrons. The van der Waals surface area contributed by atoms with Gasteiger partial charge in [-0.05, 0) is 28.8 Å². The van der Waals surface area contributed by atoms with E-state index >= 15 is 0 Å². The molecule has 100 valence electrons. The molecule has 1 heterocycles. The molecular formula is C13H15BrN4O. The third-order valence-corrected chi connectivity index (χ3v) is 4.80.